The number of hydrogen-bond acceptors (Lipinski definition) is 5. The smallest absolute Gasteiger partial charge is 0.262 e. The van der Waals surface area contributed by atoms with E-state index in [4.69, 9.17) is 4.42 Å². The Bertz CT molecular complexity index is 1290. The fourth-order valence-corrected chi connectivity index (χ4v) is 4.23. The summed E-state index contributed by atoms with van der Waals surface area (Å²) in [6.45, 7) is 3.81. The maximum Gasteiger partial charge on any atom is 0.262 e. The zero-order chi connectivity index (χ0) is 22.7. The van der Waals surface area contributed by atoms with Crippen LogP contribution in [0.2, 0.25) is 0 Å². The maximum atomic E-state index is 13.2. The Morgan fingerprint density at radius 2 is 1.88 bits per heavy atom. The number of hydrogen-bond donors (Lipinski definition) is 1. The van der Waals surface area contributed by atoms with Crippen molar-refractivity contribution in [3.05, 3.63) is 94.4 Å². The molecule has 2 heterocycles. The second-order valence-electron chi connectivity index (χ2n) is 7.42. The first-order chi connectivity index (χ1) is 15.4. The van der Waals surface area contributed by atoms with Crippen LogP contribution in [0.25, 0.3) is 10.9 Å². The second kappa shape index (κ2) is 9.40. The lowest BCUT2D eigenvalue weighted by atomic mass is 10.1. The standard InChI is InChI=1S/C24H22FN3O3S/c1-15(17-9-11-18(25)12-10-17)26-22(29)16(2)32-24-27-21-8-4-3-7-20(21)23(30)28(24)14-19-6-5-13-31-19/h3-13,15-16H,14H2,1-2H3,(H,26,29). The maximum absolute atomic E-state index is 13.2. The monoisotopic (exact) mass is 451 g/mol. The molecule has 0 aliphatic carbocycles. The third-order valence-electron chi connectivity index (χ3n) is 5.10. The highest BCUT2D eigenvalue weighted by atomic mass is 32.2. The van der Waals surface area contributed by atoms with Crippen LogP contribution in [0.1, 0.15) is 31.2 Å². The van der Waals surface area contributed by atoms with Crippen molar-refractivity contribution >= 4 is 28.6 Å². The predicted octanol–water partition coefficient (Wildman–Crippen LogP) is 4.53. The average molecular weight is 452 g/mol. The number of nitrogens with zero attached hydrogens (tertiary/aromatic N) is 2. The van der Waals surface area contributed by atoms with Crippen LogP contribution < -0.4 is 10.9 Å². The molecule has 0 radical (unpaired) electrons. The Morgan fingerprint density at radius 3 is 2.59 bits per heavy atom. The average Bonchev–Trinajstić information content (AvgIpc) is 3.30. The number of halogens is 1. The van der Waals surface area contributed by atoms with Gasteiger partial charge in [-0.2, -0.15) is 0 Å². The summed E-state index contributed by atoms with van der Waals surface area (Å²) in [6.07, 6.45) is 1.55. The molecule has 1 amide bonds. The zero-order valence-electron chi connectivity index (χ0n) is 17.6. The van der Waals surface area contributed by atoms with E-state index in [9.17, 15) is 14.0 Å². The van der Waals surface area contributed by atoms with Gasteiger partial charge in [-0.3, -0.25) is 14.2 Å². The number of benzene rings is 2. The Labute approximate surface area is 188 Å². The van der Waals surface area contributed by atoms with Crippen molar-refractivity contribution in [3.63, 3.8) is 0 Å². The molecule has 164 valence electrons. The van der Waals surface area contributed by atoms with Crippen LogP contribution in [0.4, 0.5) is 4.39 Å². The molecule has 2 aromatic heterocycles. The Hall–Kier alpha value is -3.39. The fraction of sp³-hybridized carbons (Fsp3) is 0.208. The molecule has 0 aliphatic heterocycles. The number of thioether (sulfide) groups is 1. The third kappa shape index (κ3) is 4.75. The topological polar surface area (TPSA) is 77.1 Å². The second-order valence-corrected chi connectivity index (χ2v) is 8.73. The number of fused-ring (bicyclic) bond motifs is 1. The molecule has 6 nitrogen and oxygen atoms in total. The number of carbonyl (C=O) groups is 1. The SMILES string of the molecule is CC(Sc1nc2ccccc2c(=O)n1Cc1ccco1)C(=O)NC(C)c1ccc(F)cc1. The summed E-state index contributed by atoms with van der Waals surface area (Å²) in [5.74, 6) is 0.0833. The minimum absolute atomic E-state index is 0.193. The number of furan rings is 1. The summed E-state index contributed by atoms with van der Waals surface area (Å²) in [7, 11) is 0. The molecule has 0 spiro atoms. The number of aromatic nitrogens is 2. The van der Waals surface area contributed by atoms with Gasteiger partial charge >= 0.3 is 0 Å². The van der Waals surface area contributed by atoms with Gasteiger partial charge in [0.2, 0.25) is 5.91 Å². The van der Waals surface area contributed by atoms with Crippen LogP contribution in [-0.2, 0) is 11.3 Å². The van der Waals surface area contributed by atoms with Gasteiger partial charge in [-0.05, 0) is 55.8 Å². The molecular formula is C24H22FN3O3S. The van der Waals surface area contributed by atoms with E-state index in [1.807, 2.05) is 13.0 Å². The third-order valence-corrected chi connectivity index (χ3v) is 6.19. The molecule has 0 fully saturated rings. The number of amides is 1. The molecule has 4 aromatic rings. The minimum atomic E-state index is -0.520. The van der Waals surface area contributed by atoms with Gasteiger partial charge in [0, 0.05) is 0 Å². The van der Waals surface area contributed by atoms with Crippen LogP contribution in [0, 0.1) is 5.82 Å². The van der Waals surface area contributed by atoms with E-state index in [2.05, 4.69) is 10.3 Å². The summed E-state index contributed by atoms with van der Waals surface area (Å²) in [6, 6.07) is 16.4. The highest BCUT2D eigenvalue weighted by Gasteiger charge is 2.21. The normalized spacial score (nSPS) is 13.1. The number of rotatable bonds is 7. The predicted molar refractivity (Wildman–Crippen MR) is 122 cm³/mol. The Morgan fingerprint density at radius 1 is 1.12 bits per heavy atom. The van der Waals surface area contributed by atoms with Gasteiger partial charge in [0.1, 0.15) is 11.6 Å². The van der Waals surface area contributed by atoms with E-state index >= 15 is 0 Å². The Kier molecular flexibility index (Phi) is 6.41. The first-order valence-corrected chi connectivity index (χ1v) is 11.0. The molecule has 2 unspecified atom stereocenters. The minimum Gasteiger partial charge on any atom is -0.467 e. The highest BCUT2D eigenvalue weighted by Crippen LogP contribution is 2.24. The first-order valence-electron chi connectivity index (χ1n) is 10.2. The fourth-order valence-electron chi connectivity index (χ4n) is 3.31. The molecule has 0 saturated carbocycles. The summed E-state index contributed by atoms with van der Waals surface area (Å²) in [5.41, 5.74) is 1.18. The largest absolute Gasteiger partial charge is 0.467 e. The molecule has 0 bridgehead atoms. The number of nitrogens with one attached hydrogen (secondary N) is 1. The molecule has 4 rings (SSSR count). The van der Waals surface area contributed by atoms with Gasteiger partial charge < -0.3 is 9.73 Å². The van der Waals surface area contributed by atoms with E-state index in [1.54, 1.807) is 55.7 Å². The molecule has 0 saturated heterocycles. The van der Waals surface area contributed by atoms with Crippen LogP contribution in [0.5, 0.6) is 0 Å². The lowest BCUT2D eigenvalue weighted by Crippen LogP contribution is -2.34. The number of para-hydroxylation sites is 1. The van der Waals surface area contributed by atoms with E-state index < -0.39 is 5.25 Å². The van der Waals surface area contributed by atoms with Gasteiger partial charge in [0.25, 0.3) is 5.56 Å². The van der Waals surface area contributed by atoms with Gasteiger partial charge in [-0.15, -0.1) is 0 Å². The molecule has 0 aliphatic rings. The Balaban J connectivity index is 1.58. The number of carbonyl (C=O) groups excluding carboxylic acids is 1. The van der Waals surface area contributed by atoms with Crippen molar-refractivity contribution in [2.45, 2.75) is 36.8 Å². The summed E-state index contributed by atoms with van der Waals surface area (Å²) in [5, 5.41) is 3.35. The van der Waals surface area contributed by atoms with Crippen LogP contribution in [-0.4, -0.2) is 20.7 Å². The van der Waals surface area contributed by atoms with Crippen LogP contribution in [0.3, 0.4) is 0 Å². The molecule has 2 atom stereocenters. The van der Waals surface area contributed by atoms with E-state index in [0.29, 0.717) is 21.8 Å². The quantitative estimate of drug-likeness (QED) is 0.330. The van der Waals surface area contributed by atoms with Crippen LogP contribution in [0.15, 0.2) is 81.3 Å². The van der Waals surface area contributed by atoms with Crippen molar-refractivity contribution in [2.24, 2.45) is 0 Å². The van der Waals surface area contributed by atoms with E-state index in [0.717, 1.165) is 5.56 Å². The molecule has 32 heavy (non-hydrogen) atoms. The van der Waals surface area contributed by atoms with Gasteiger partial charge in [-0.1, -0.05) is 36.0 Å². The summed E-state index contributed by atoms with van der Waals surface area (Å²) in [4.78, 5) is 30.6. The summed E-state index contributed by atoms with van der Waals surface area (Å²) < 4.78 is 20.1. The van der Waals surface area contributed by atoms with E-state index in [-0.39, 0.29) is 29.9 Å². The van der Waals surface area contributed by atoms with Crippen molar-refractivity contribution < 1.29 is 13.6 Å². The molecule has 2 aromatic carbocycles. The first kappa shape index (κ1) is 21.8. The lowest BCUT2D eigenvalue weighted by Gasteiger charge is -2.19. The van der Waals surface area contributed by atoms with Crippen molar-refractivity contribution in [2.75, 3.05) is 0 Å². The van der Waals surface area contributed by atoms with Gasteiger partial charge in [0.15, 0.2) is 5.16 Å². The lowest BCUT2D eigenvalue weighted by molar-refractivity contribution is -0.120. The van der Waals surface area contributed by atoms with Gasteiger partial charge in [0.05, 0.1) is 35.0 Å². The van der Waals surface area contributed by atoms with Gasteiger partial charge in [-0.25, -0.2) is 9.37 Å². The molecule has 1 N–H and O–H groups in total. The van der Waals surface area contributed by atoms with Crippen molar-refractivity contribution in [1.29, 1.82) is 0 Å². The van der Waals surface area contributed by atoms with Crippen molar-refractivity contribution in [3.8, 4) is 0 Å². The molecular weight excluding hydrogens is 429 g/mol. The molecule has 8 heteroatoms. The van der Waals surface area contributed by atoms with Crippen LogP contribution >= 0.6 is 11.8 Å². The zero-order valence-corrected chi connectivity index (χ0v) is 18.4. The van der Waals surface area contributed by atoms with Crippen molar-refractivity contribution in [1.82, 2.24) is 14.9 Å². The highest BCUT2D eigenvalue weighted by molar-refractivity contribution is 8.00. The summed E-state index contributed by atoms with van der Waals surface area (Å²) >= 11 is 1.21. The van der Waals surface area contributed by atoms with E-state index in [1.165, 1.54) is 28.5 Å².